The highest BCUT2D eigenvalue weighted by atomic mass is 32.2. The van der Waals surface area contributed by atoms with E-state index in [-0.39, 0.29) is 9.80 Å². The van der Waals surface area contributed by atoms with Gasteiger partial charge < -0.3 is 14.2 Å². The maximum absolute atomic E-state index is 13.6. The van der Waals surface area contributed by atoms with E-state index in [4.69, 9.17) is 14.2 Å². The van der Waals surface area contributed by atoms with E-state index in [0.29, 0.717) is 23.3 Å². The quantitative estimate of drug-likeness (QED) is 0.668. The zero-order valence-corrected chi connectivity index (χ0v) is 18.9. The molecule has 7 heteroatoms. The van der Waals surface area contributed by atoms with Crippen LogP contribution in [0.4, 0.5) is 0 Å². The average Bonchev–Trinajstić information content (AvgIpc) is 2.97. The van der Waals surface area contributed by atoms with Crippen LogP contribution in [0, 0.1) is 0 Å². The Hall–Kier alpha value is -2.64. The number of esters is 1. The fourth-order valence-electron chi connectivity index (χ4n) is 4.05. The average molecular weight is 443 g/mol. The zero-order valence-electron chi connectivity index (χ0n) is 18.1. The lowest BCUT2D eigenvalue weighted by Gasteiger charge is -2.27. The number of ether oxygens (including phenoxy) is 3. The van der Waals surface area contributed by atoms with Crippen molar-refractivity contribution in [1.29, 1.82) is 0 Å². The number of sulfone groups is 1. The topological polar surface area (TPSA) is 78.9 Å². The van der Waals surface area contributed by atoms with Gasteiger partial charge >= 0.3 is 5.97 Å². The van der Waals surface area contributed by atoms with Crippen molar-refractivity contribution in [3.05, 3.63) is 64.1 Å². The molecule has 0 saturated carbocycles. The zero-order chi connectivity index (χ0) is 22.4. The summed E-state index contributed by atoms with van der Waals surface area (Å²) in [7, 11) is -2.74. The molecule has 0 N–H and O–H groups in total. The van der Waals surface area contributed by atoms with Crippen LogP contribution in [-0.2, 0) is 30.5 Å². The summed E-state index contributed by atoms with van der Waals surface area (Å²) < 4.78 is 43.9. The van der Waals surface area contributed by atoms with Crippen molar-refractivity contribution in [2.75, 3.05) is 13.7 Å². The van der Waals surface area contributed by atoms with Crippen LogP contribution in [0.25, 0.3) is 5.57 Å². The highest BCUT2D eigenvalue weighted by Gasteiger charge is 2.45. The third-order valence-electron chi connectivity index (χ3n) is 5.30. The van der Waals surface area contributed by atoms with Crippen LogP contribution in [0.2, 0.25) is 0 Å². The Kier molecular flexibility index (Phi) is 5.43. The molecule has 6 nitrogen and oxygen atoms in total. The fraction of sp³-hybridized carbons (Fsp3) is 0.375. The van der Waals surface area contributed by atoms with Gasteiger partial charge in [0, 0.05) is 11.1 Å². The molecule has 0 aliphatic carbocycles. The molecule has 0 aromatic heterocycles. The molecule has 4 rings (SSSR count). The van der Waals surface area contributed by atoms with E-state index in [9.17, 15) is 13.2 Å². The van der Waals surface area contributed by atoms with Crippen molar-refractivity contribution in [2.45, 2.75) is 50.2 Å². The molecular formula is C24H26O6S. The van der Waals surface area contributed by atoms with Crippen LogP contribution in [0.3, 0.4) is 0 Å². The van der Waals surface area contributed by atoms with Crippen molar-refractivity contribution in [3.63, 3.8) is 0 Å². The van der Waals surface area contributed by atoms with E-state index in [1.54, 1.807) is 45.0 Å². The van der Waals surface area contributed by atoms with Crippen molar-refractivity contribution >= 4 is 21.4 Å². The molecule has 0 amide bonds. The molecule has 2 aliphatic heterocycles. The second kappa shape index (κ2) is 7.80. The number of methoxy groups -OCH3 is 1. The van der Waals surface area contributed by atoms with Gasteiger partial charge in [-0.2, -0.15) is 0 Å². The van der Waals surface area contributed by atoms with Crippen LogP contribution < -0.4 is 4.74 Å². The molecule has 2 aromatic rings. The van der Waals surface area contributed by atoms with E-state index in [1.807, 2.05) is 18.2 Å². The molecule has 31 heavy (non-hydrogen) atoms. The number of fused-ring (bicyclic) bond motifs is 2. The van der Waals surface area contributed by atoms with Gasteiger partial charge in [0.1, 0.15) is 5.75 Å². The summed E-state index contributed by atoms with van der Waals surface area (Å²) in [6.45, 7) is 5.98. The lowest BCUT2D eigenvalue weighted by atomic mass is 9.93. The van der Waals surface area contributed by atoms with Crippen LogP contribution in [0.5, 0.6) is 5.75 Å². The minimum Gasteiger partial charge on any atom is -0.493 e. The Morgan fingerprint density at radius 1 is 1.13 bits per heavy atom. The van der Waals surface area contributed by atoms with Crippen molar-refractivity contribution in [2.24, 2.45) is 0 Å². The van der Waals surface area contributed by atoms with E-state index in [0.717, 1.165) is 24.2 Å². The maximum Gasteiger partial charge on any atom is 0.340 e. The Balaban J connectivity index is 2.00. The molecule has 0 saturated heterocycles. The van der Waals surface area contributed by atoms with Gasteiger partial charge in [0.25, 0.3) is 0 Å². The number of carbonyl (C=O) groups excluding carboxylic acids is 1. The second-order valence-corrected chi connectivity index (χ2v) is 10.5. The largest absolute Gasteiger partial charge is 0.493 e. The lowest BCUT2D eigenvalue weighted by molar-refractivity contribution is -0.158. The summed E-state index contributed by atoms with van der Waals surface area (Å²) in [5.41, 5.74) is 1.98. The first kappa shape index (κ1) is 21.6. The lowest BCUT2D eigenvalue weighted by Crippen LogP contribution is -2.37. The van der Waals surface area contributed by atoms with Gasteiger partial charge in [-0.05, 0) is 62.9 Å². The summed E-state index contributed by atoms with van der Waals surface area (Å²) in [6.07, 6.45) is 0.360. The highest BCUT2D eigenvalue weighted by Crippen LogP contribution is 2.46. The van der Waals surface area contributed by atoms with Crippen molar-refractivity contribution in [1.82, 2.24) is 0 Å². The maximum atomic E-state index is 13.6. The molecule has 2 aromatic carbocycles. The van der Waals surface area contributed by atoms with E-state index < -0.39 is 27.5 Å². The number of benzene rings is 2. The first-order valence-corrected chi connectivity index (χ1v) is 11.7. The first-order chi connectivity index (χ1) is 14.6. The van der Waals surface area contributed by atoms with Crippen molar-refractivity contribution < 1.29 is 27.4 Å². The molecular weight excluding hydrogens is 416 g/mol. The Morgan fingerprint density at radius 3 is 2.58 bits per heavy atom. The molecule has 2 aliphatic rings. The van der Waals surface area contributed by atoms with Crippen LogP contribution in [-0.4, -0.2) is 39.8 Å². The smallest absolute Gasteiger partial charge is 0.340 e. The van der Waals surface area contributed by atoms with Gasteiger partial charge in [0.2, 0.25) is 9.84 Å². The molecule has 164 valence electrons. The first-order valence-electron chi connectivity index (χ1n) is 10.2. The molecule has 0 radical (unpaired) electrons. The normalized spacial score (nSPS) is 18.1. The number of rotatable bonds is 4. The SMILES string of the molecule is COC(=O)C(OC(C)(C)C)C1=C(c2ccc3c(c2)CCCO3)c2ccccc2S1(=O)=O. The van der Waals surface area contributed by atoms with Crippen LogP contribution >= 0.6 is 0 Å². The minimum atomic E-state index is -3.97. The van der Waals surface area contributed by atoms with E-state index in [1.165, 1.54) is 7.11 Å². The summed E-state index contributed by atoms with van der Waals surface area (Å²) in [4.78, 5) is 12.8. The Labute approximate surface area is 182 Å². The molecule has 0 bridgehead atoms. The van der Waals surface area contributed by atoms with Gasteiger partial charge in [-0.3, -0.25) is 0 Å². The van der Waals surface area contributed by atoms with Gasteiger partial charge in [0.05, 0.1) is 29.1 Å². The van der Waals surface area contributed by atoms with Gasteiger partial charge in [-0.25, -0.2) is 13.2 Å². The molecule has 0 spiro atoms. The van der Waals surface area contributed by atoms with Gasteiger partial charge in [0.15, 0.2) is 6.10 Å². The van der Waals surface area contributed by atoms with Crippen LogP contribution in [0.15, 0.2) is 52.3 Å². The third kappa shape index (κ3) is 3.88. The minimum absolute atomic E-state index is 0.0767. The molecule has 1 unspecified atom stereocenters. The third-order valence-corrected chi connectivity index (χ3v) is 7.24. The monoisotopic (exact) mass is 442 g/mol. The predicted octanol–water partition coefficient (Wildman–Crippen LogP) is 3.92. The van der Waals surface area contributed by atoms with Gasteiger partial charge in [-0.15, -0.1) is 0 Å². The van der Waals surface area contributed by atoms with Crippen LogP contribution in [0.1, 0.15) is 43.9 Å². The summed E-state index contributed by atoms with van der Waals surface area (Å²) in [5.74, 6) is 0.0573. The number of carbonyl (C=O) groups is 1. The Bertz CT molecular complexity index is 1170. The van der Waals surface area contributed by atoms with E-state index in [2.05, 4.69) is 0 Å². The Morgan fingerprint density at radius 2 is 1.87 bits per heavy atom. The molecule has 2 heterocycles. The fourth-order valence-corrected chi connectivity index (χ4v) is 5.92. The summed E-state index contributed by atoms with van der Waals surface area (Å²) >= 11 is 0. The number of hydrogen-bond acceptors (Lipinski definition) is 6. The predicted molar refractivity (Wildman–Crippen MR) is 117 cm³/mol. The van der Waals surface area contributed by atoms with Crippen molar-refractivity contribution in [3.8, 4) is 5.75 Å². The second-order valence-electron chi connectivity index (χ2n) is 8.65. The number of aryl methyl sites for hydroxylation is 1. The summed E-state index contributed by atoms with van der Waals surface area (Å²) in [5, 5.41) is 0. The van der Waals surface area contributed by atoms with Gasteiger partial charge in [-0.1, -0.05) is 24.3 Å². The number of hydrogen-bond donors (Lipinski definition) is 0. The highest BCUT2D eigenvalue weighted by molar-refractivity contribution is 7.96. The molecule has 1 atom stereocenters. The van der Waals surface area contributed by atoms with E-state index >= 15 is 0 Å². The molecule has 0 fully saturated rings. The summed E-state index contributed by atoms with van der Waals surface area (Å²) in [6, 6.07) is 12.4. The standard InChI is InChI=1S/C24H26O6S/c1-24(2,3)30-21(23(25)28-4)22-20(17-9-5-6-10-19(17)31(22,26)27)16-11-12-18-15(14-16)8-7-13-29-18/h5-6,9-12,14,21H,7-8,13H2,1-4H3.